The van der Waals surface area contributed by atoms with E-state index in [1.807, 2.05) is 6.07 Å². The average molecular weight is 300 g/mol. The third kappa shape index (κ3) is 3.21. The molecule has 2 rings (SSSR count). The summed E-state index contributed by atoms with van der Waals surface area (Å²) >= 11 is 3.45. The Morgan fingerprint density at radius 1 is 1.41 bits per heavy atom. The Labute approximate surface area is 111 Å². The number of hydrogen-bond acceptors (Lipinski definition) is 1. The Morgan fingerprint density at radius 2 is 2.12 bits per heavy atom. The minimum absolute atomic E-state index is 0.150. The molecule has 1 fully saturated rings. The van der Waals surface area contributed by atoms with Gasteiger partial charge in [-0.25, -0.2) is 4.39 Å². The van der Waals surface area contributed by atoms with Gasteiger partial charge in [-0.1, -0.05) is 29.8 Å². The number of rotatable bonds is 5. The van der Waals surface area contributed by atoms with Gasteiger partial charge in [0.25, 0.3) is 0 Å². The van der Waals surface area contributed by atoms with E-state index in [0.29, 0.717) is 17.3 Å². The van der Waals surface area contributed by atoms with E-state index in [4.69, 9.17) is 0 Å². The second-order valence-electron chi connectivity index (χ2n) is 5.18. The SMILES string of the molecule is CC(C)CN(c1ccc(F)cc1CBr)C1CC1. The van der Waals surface area contributed by atoms with Crippen molar-refractivity contribution in [3.63, 3.8) is 0 Å². The van der Waals surface area contributed by atoms with Crippen LogP contribution in [0.3, 0.4) is 0 Å². The molecule has 1 nitrogen and oxygen atoms in total. The zero-order chi connectivity index (χ0) is 12.4. The fourth-order valence-electron chi connectivity index (χ4n) is 2.17. The summed E-state index contributed by atoms with van der Waals surface area (Å²) in [7, 11) is 0. The largest absolute Gasteiger partial charge is 0.368 e. The van der Waals surface area contributed by atoms with E-state index in [2.05, 4.69) is 34.7 Å². The van der Waals surface area contributed by atoms with Crippen molar-refractivity contribution >= 4 is 21.6 Å². The summed E-state index contributed by atoms with van der Waals surface area (Å²) in [5, 5.41) is 0.710. The van der Waals surface area contributed by atoms with Gasteiger partial charge in [0.2, 0.25) is 0 Å². The van der Waals surface area contributed by atoms with Gasteiger partial charge in [0.15, 0.2) is 0 Å². The lowest BCUT2D eigenvalue weighted by Gasteiger charge is -2.28. The van der Waals surface area contributed by atoms with Crippen LogP contribution in [0.5, 0.6) is 0 Å². The highest BCUT2D eigenvalue weighted by Crippen LogP contribution is 2.35. The Balaban J connectivity index is 2.28. The van der Waals surface area contributed by atoms with Crippen LogP contribution in [0, 0.1) is 11.7 Å². The molecular weight excluding hydrogens is 281 g/mol. The second-order valence-corrected chi connectivity index (χ2v) is 5.74. The molecule has 0 spiro atoms. The lowest BCUT2D eigenvalue weighted by atomic mass is 10.1. The normalized spacial score (nSPS) is 15.4. The Bertz CT molecular complexity index is 388. The minimum atomic E-state index is -0.150. The van der Waals surface area contributed by atoms with Crippen LogP contribution in [0.15, 0.2) is 18.2 Å². The molecule has 1 saturated carbocycles. The maximum atomic E-state index is 13.2. The average Bonchev–Trinajstić information content (AvgIpc) is 3.09. The molecular formula is C14H19BrFN. The molecule has 0 N–H and O–H groups in total. The van der Waals surface area contributed by atoms with E-state index in [-0.39, 0.29) is 5.82 Å². The van der Waals surface area contributed by atoms with Crippen LogP contribution in [-0.2, 0) is 5.33 Å². The number of benzene rings is 1. The van der Waals surface area contributed by atoms with Crippen LogP contribution < -0.4 is 4.90 Å². The molecule has 0 unspecified atom stereocenters. The highest BCUT2D eigenvalue weighted by atomic mass is 79.9. The third-order valence-corrected chi connectivity index (χ3v) is 3.65. The van der Waals surface area contributed by atoms with Crippen LogP contribution in [0.4, 0.5) is 10.1 Å². The van der Waals surface area contributed by atoms with E-state index < -0.39 is 0 Å². The van der Waals surface area contributed by atoms with E-state index >= 15 is 0 Å². The smallest absolute Gasteiger partial charge is 0.123 e. The third-order valence-electron chi connectivity index (χ3n) is 3.04. The number of hydrogen-bond donors (Lipinski definition) is 0. The van der Waals surface area contributed by atoms with Crippen LogP contribution in [0.25, 0.3) is 0 Å². The van der Waals surface area contributed by atoms with Gasteiger partial charge in [-0.05, 0) is 42.5 Å². The van der Waals surface area contributed by atoms with Crippen molar-refractivity contribution in [3.05, 3.63) is 29.6 Å². The molecule has 0 aliphatic heterocycles. The van der Waals surface area contributed by atoms with Crippen LogP contribution >= 0.6 is 15.9 Å². The van der Waals surface area contributed by atoms with Gasteiger partial charge < -0.3 is 4.90 Å². The maximum Gasteiger partial charge on any atom is 0.123 e. The van der Waals surface area contributed by atoms with Gasteiger partial charge in [0, 0.05) is 23.6 Å². The van der Waals surface area contributed by atoms with Gasteiger partial charge >= 0.3 is 0 Å². The summed E-state index contributed by atoms with van der Waals surface area (Å²) in [5.41, 5.74) is 2.25. The van der Waals surface area contributed by atoms with E-state index in [1.54, 1.807) is 12.1 Å². The van der Waals surface area contributed by atoms with E-state index in [1.165, 1.54) is 18.5 Å². The van der Waals surface area contributed by atoms with Crippen molar-refractivity contribution in [3.8, 4) is 0 Å². The van der Waals surface area contributed by atoms with Crippen molar-refractivity contribution < 1.29 is 4.39 Å². The Kier molecular flexibility index (Phi) is 4.08. The van der Waals surface area contributed by atoms with Crippen molar-refractivity contribution in [2.24, 2.45) is 5.92 Å². The summed E-state index contributed by atoms with van der Waals surface area (Å²) < 4.78 is 13.2. The number of alkyl halides is 1. The number of nitrogens with zero attached hydrogens (tertiary/aromatic N) is 1. The molecule has 0 aromatic heterocycles. The van der Waals surface area contributed by atoms with Crippen LogP contribution in [-0.4, -0.2) is 12.6 Å². The molecule has 0 heterocycles. The van der Waals surface area contributed by atoms with Gasteiger partial charge in [0.1, 0.15) is 5.82 Å². The standard InChI is InChI=1S/C14H19BrFN/c1-10(2)9-17(13-4-5-13)14-6-3-12(16)7-11(14)8-15/h3,6-7,10,13H,4-5,8-9H2,1-2H3. The molecule has 1 aliphatic carbocycles. The van der Waals surface area contributed by atoms with Crippen LogP contribution in [0.2, 0.25) is 0 Å². The van der Waals surface area contributed by atoms with Gasteiger partial charge in [-0.15, -0.1) is 0 Å². The van der Waals surface area contributed by atoms with E-state index in [9.17, 15) is 4.39 Å². The van der Waals surface area contributed by atoms with Crippen molar-refractivity contribution in [2.75, 3.05) is 11.4 Å². The van der Waals surface area contributed by atoms with Gasteiger partial charge in [0.05, 0.1) is 0 Å². The molecule has 94 valence electrons. The predicted molar refractivity (Wildman–Crippen MR) is 74.2 cm³/mol. The lowest BCUT2D eigenvalue weighted by Crippen LogP contribution is -2.30. The van der Waals surface area contributed by atoms with Crippen molar-refractivity contribution in [2.45, 2.75) is 38.1 Å². The minimum Gasteiger partial charge on any atom is -0.368 e. The topological polar surface area (TPSA) is 3.24 Å². The monoisotopic (exact) mass is 299 g/mol. The fourth-order valence-corrected chi connectivity index (χ4v) is 2.61. The molecule has 0 amide bonds. The Morgan fingerprint density at radius 3 is 2.65 bits per heavy atom. The maximum absolute atomic E-state index is 13.2. The van der Waals surface area contributed by atoms with Gasteiger partial charge in [-0.3, -0.25) is 0 Å². The Hall–Kier alpha value is -0.570. The predicted octanol–water partition coefficient (Wildman–Crippen LogP) is 4.35. The molecule has 0 saturated heterocycles. The first-order valence-corrected chi connectivity index (χ1v) is 7.35. The number of halogens is 2. The summed E-state index contributed by atoms with van der Waals surface area (Å²) in [4.78, 5) is 2.45. The zero-order valence-electron chi connectivity index (χ0n) is 10.4. The fraction of sp³-hybridized carbons (Fsp3) is 0.571. The summed E-state index contributed by atoms with van der Waals surface area (Å²) in [6, 6.07) is 5.80. The summed E-state index contributed by atoms with van der Waals surface area (Å²) in [6.07, 6.45) is 2.54. The molecule has 17 heavy (non-hydrogen) atoms. The summed E-state index contributed by atoms with van der Waals surface area (Å²) in [6.45, 7) is 5.51. The molecule has 1 aromatic rings. The van der Waals surface area contributed by atoms with Crippen LogP contribution in [0.1, 0.15) is 32.3 Å². The molecule has 0 bridgehead atoms. The van der Waals surface area contributed by atoms with Crippen molar-refractivity contribution in [1.82, 2.24) is 0 Å². The highest BCUT2D eigenvalue weighted by Gasteiger charge is 2.30. The first-order valence-electron chi connectivity index (χ1n) is 6.23. The number of anilines is 1. The van der Waals surface area contributed by atoms with Gasteiger partial charge in [-0.2, -0.15) is 0 Å². The second kappa shape index (κ2) is 5.38. The lowest BCUT2D eigenvalue weighted by molar-refractivity contribution is 0.602. The highest BCUT2D eigenvalue weighted by molar-refractivity contribution is 9.08. The molecule has 1 aromatic carbocycles. The zero-order valence-corrected chi connectivity index (χ0v) is 12.0. The summed E-state index contributed by atoms with van der Waals surface area (Å²) in [5.74, 6) is 0.479. The quantitative estimate of drug-likeness (QED) is 0.731. The first-order chi connectivity index (χ1) is 8.11. The molecule has 0 atom stereocenters. The first kappa shape index (κ1) is 12.9. The molecule has 1 aliphatic rings. The van der Waals surface area contributed by atoms with E-state index in [0.717, 1.165) is 12.1 Å². The van der Waals surface area contributed by atoms with Crippen molar-refractivity contribution in [1.29, 1.82) is 0 Å². The molecule has 3 heteroatoms. The molecule has 0 radical (unpaired) electrons.